The number of fused-ring (bicyclic) bond motifs is 1. The lowest BCUT2D eigenvalue weighted by molar-refractivity contribution is 0.536. The number of thioether (sulfide) groups is 1. The summed E-state index contributed by atoms with van der Waals surface area (Å²) in [6, 6.07) is 0.218. The van der Waals surface area contributed by atoms with Crippen molar-refractivity contribution in [2.75, 3.05) is 0 Å². The smallest absolute Gasteiger partial charge is 0.134 e. The van der Waals surface area contributed by atoms with E-state index >= 15 is 0 Å². The molecule has 0 N–H and O–H groups in total. The highest BCUT2D eigenvalue weighted by atomic mass is 35.5. The fraction of sp³-hybridized carbons (Fsp3) is 0.154. The molecule has 0 fully saturated rings. The van der Waals surface area contributed by atoms with Gasteiger partial charge in [-0.2, -0.15) is 0 Å². The number of nitrogens with zero attached hydrogens (tertiary/aromatic N) is 1. The minimum atomic E-state index is 0.218. The molecule has 2 unspecified atom stereocenters. The third-order valence-corrected chi connectivity index (χ3v) is 3.76. The van der Waals surface area contributed by atoms with Crippen molar-refractivity contribution in [1.29, 1.82) is 0 Å². The van der Waals surface area contributed by atoms with Crippen LogP contribution in [0.3, 0.4) is 0 Å². The van der Waals surface area contributed by atoms with Gasteiger partial charge >= 0.3 is 0 Å². The number of hydrogen-bond acceptors (Lipinski definition) is 3. The molecule has 1 heterocycles. The van der Waals surface area contributed by atoms with Gasteiger partial charge in [-0.1, -0.05) is 54.8 Å². The minimum Gasteiger partial charge on any atom is -0.393 e. The van der Waals surface area contributed by atoms with Crippen LogP contribution in [0.5, 0.6) is 0 Å². The lowest BCUT2D eigenvalue weighted by Crippen LogP contribution is -2.13. The average molecular weight is 266 g/mol. The molecule has 0 aromatic carbocycles. The Hall–Kier alpha value is -1.19. The average Bonchev–Trinajstić information content (AvgIpc) is 2.78. The molecule has 2 rings (SSSR count). The number of halogens is 1. The number of rotatable bonds is 4. The molecule has 88 valence electrons. The van der Waals surface area contributed by atoms with Gasteiger partial charge in [0.15, 0.2) is 0 Å². The molecule has 0 bridgehead atoms. The first-order chi connectivity index (χ1) is 8.35. The van der Waals surface area contributed by atoms with E-state index in [1.807, 2.05) is 24.3 Å². The van der Waals surface area contributed by atoms with Crippen molar-refractivity contribution < 1.29 is 4.29 Å². The number of aliphatic imine (C=N–C) groups is 1. The molecule has 0 amide bonds. The maximum absolute atomic E-state index is 5.28. The molecule has 2 aliphatic rings. The van der Waals surface area contributed by atoms with E-state index in [0.29, 0.717) is 5.25 Å². The molecule has 0 saturated carbocycles. The van der Waals surface area contributed by atoms with Gasteiger partial charge in [0.2, 0.25) is 0 Å². The van der Waals surface area contributed by atoms with Gasteiger partial charge < -0.3 is 4.29 Å². The van der Waals surface area contributed by atoms with Crippen molar-refractivity contribution >= 4 is 28.7 Å². The van der Waals surface area contributed by atoms with Crippen molar-refractivity contribution in [3.63, 3.8) is 0 Å². The van der Waals surface area contributed by atoms with Gasteiger partial charge in [0.25, 0.3) is 0 Å². The highest BCUT2D eigenvalue weighted by molar-refractivity contribution is 8.15. The van der Waals surface area contributed by atoms with E-state index in [1.54, 1.807) is 17.8 Å². The van der Waals surface area contributed by atoms with E-state index in [0.717, 1.165) is 10.6 Å². The van der Waals surface area contributed by atoms with Gasteiger partial charge in [0, 0.05) is 5.57 Å². The van der Waals surface area contributed by atoms with Crippen LogP contribution < -0.4 is 0 Å². The highest BCUT2D eigenvalue weighted by Gasteiger charge is 2.28. The van der Waals surface area contributed by atoms with Crippen LogP contribution >= 0.6 is 23.6 Å². The van der Waals surface area contributed by atoms with E-state index in [4.69, 9.17) is 11.9 Å². The molecule has 0 aromatic heterocycles. The monoisotopic (exact) mass is 265 g/mol. The third kappa shape index (κ3) is 2.93. The van der Waals surface area contributed by atoms with Crippen LogP contribution in [0.25, 0.3) is 0 Å². The van der Waals surface area contributed by atoms with E-state index < -0.39 is 0 Å². The van der Waals surface area contributed by atoms with Crippen molar-refractivity contribution in [1.82, 2.24) is 0 Å². The van der Waals surface area contributed by atoms with E-state index in [2.05, 4.69) is 28.0 Å². The van der Waals surface area contributed by atoms with Gasteiger partial charge in [-0.15, -0.1) is 0 Å². The maximum Gasteiger partial charge on any atom is 0.134 e. The Morgan fingerprint density at radius 3 is 3.00 bits per heavy atom. The number of allylic oxidation sites excluding steroid dienone is 5. The molecule has 0 aromatic rings. The fourth-order valence-corrected chi connectivity index (χ4v) is 2.87. The lowest BCUT2D eigenvalue weighted by Gasteiger charge is -2.10. The van der Waals surface area contributed by atoms with Crippen molar-refractivity contribution in [2.24, 2.45) is 4.99 Å². The summed E-state index contributed by atoms with van der Waals surface area (Å²) in [7, 11) is 0. The maximum atomic E-state index is 5.28. The zero-order chi connectivity index (χ0) is 12.1. The fourth-order valence-electron chi connectivity index (χ4n) is 1.62. The highest BCUT2D eigenvalue weighted by Crippen LogP contribution is 2.34. The van der Waals surface area contributed by atoms with Crippen molar-refractivity contribution in [3.05, 3.63) is 60.9 Å². The van der Waals surface area contributed by atoms with Gasteiger partial charge in [-0.05, 0) is 6.08 Å². The van der Waals surface area contributed by atoms with Crippen molar-refractivity contribution in [3.8, 4) is 0 Å². The summed E-state index contributed by atoms with van der Waals surface area (Å²) in [6.45, 7) is 3.63. The molecular weight excluding hydrogens is 254 g/mol. The Bertz CT molecular complexity index is 448. The molecular formula is C13H12ClNOS. The molecule has 0 radical (unpaired) electrons. The van der Waals surface area contributed by atoms with E-state index in [-0.39, 0.29) is 6.04 Å². The van der Waals surface area contributed by atoms with Gasteiger partial charge in [-0.25, -0.2) is 0 Å². The summed E-state index contributed by atoms with van der Waals surface area (Å²) in [6.07, 6.45) is 15.2. The first-order valence-electron chi connectivity index (χ1n) is 5.21. The topological polar surface area (TPSA) is 21.6 Å². The van der Waals surface area contributed by atoms with Gasteiger partial charge in [0.05, 0.1) is 11.3 Å². The second-order valence-corrected chi connectivity index (χ2v) is 4.88. The molecule has 2 nitrogen and oxygen atoms in total. The molecule has 1 aliphatic carbocycles. The van der Waals surface area contributed by atoms with Crippen LogP contribution in [0.1, 0.15) is 0 Å². The van der Waals surface area contributed by atoms with E-state index in [9.17, 15) is 0 Å². The van der Waals surface area contributed by atoms with Crippen LogP contribution in [0.4, 0.5) is 0 Å². The zero-order valence-electron chi connectivity index (χ0n) is 9.12. The van der Waals surface area contributed by atoms with Gasteiger partial charge in [-0.3, -0.25) is 4.99 Å². The van der Waals surface area contributed by atoms with Gasteiger partial charge in [0.1, 0.15) is 23.2 Å². The lowest BCUT2D eigenvalue weighted by atomic mass is 10.1. The quantitative estimate of drug-likeness (QED) is 0.570. The summed E-state index contributed by atoms with van der Waals surface area (Å²) in [4.78, 5) is 4.63. The predicted molar refractivity (Wildman–Crippen MR) is 75.2 cm³/mol. The third-order valence-electron chi connectivity index (χ3n) is 2.40. The summed E-state index contributed by atoms with van der Waals surface area (Å²) >= 11 is 6.99. The SMILES string of the molecule is C=C/C=C\C(=C\OCl)C1=NC2C=CC=CC2S1. The first-order valence-corrected chi connectivity index (χ1v) is 6.40. The largest absolute Gasteiger partial charge is 0.393 e. The molecule has 4 heteroatoms. The predicted octanol–water partition coefficient (Wildman–Crippen LogP) is 3.79. The number of hydrogen-bond donors (Lipinski definition) is 0. The van der Waals surface area contributed by atoms with Crippen LogP contribution in [-0.2, 0) is 4.29 Å². The Morgan fingerprint density at radius 2 is 2.29 bits per heavy atom. The normalized spacial score (nSPS) is 27.1. The summed E-state index contributed by atoms with van der Waals surface area (Å²) in [5.74, 6) is 0. The summed E-state index contributed by atoms with van der Waals surface area (Å²) in [5, 5.41) is 1.32. The molecule has 0 saturated heterocycles. The molecule has 1 aliphatic heterocycles. The van der Waals surface area contributed by atoms with Crippen molar-refractivity contribution in [2.45, 2.75) is 11.3 Å². The van der Waals surface area contributed by atoms with E-state index in [1.165, 1.54) is 6.26 Å². The first kappa shape index (κ1) is 12.3. The summed E-state index contributed by atoms with van der Waals surface area (Å²) < 4.78 is 4.56. The Morgan fingerprint density at radius 1 is 1.47 bits per heavy atom. The van der Waals surface area contributed by atoms with Crippen LogP contribution in [0.2, 0.25) is 0 Å². The van der Waals surface area contributed by atoms with Crippen LogP contribution in [0, 0.1) is 0 Å². The Balaban J connectivity index is 2.19. The zero-order valence-corrected chi connectivity index (χ0v) is 10.7. The van der Waals surface area contributed by atoms with Crippen LogP contribution in [0.15, 0.2) is 65.9 Å². The molecule has 0 spiro atoms. The second kappa shape index (κ2) is 5.94. The standard InChI is InChI=1S/C13H12ClNOS/c1-2-3-6-10(9-16-14)13-15-11-7-4-5-8-12(11)17-13/h2-9,11-12H,1H2/b6-3-,10-9-. The second-order valence-electron chi connectivity index (χ2n) is 3.53. The summed E-state index contributed by atoms with van der Waals surface area (Å²) in [5.41, 5.74) is 0.862. The molecule has 2 atom stereocenters. The van der Waals surface area contributed by atoms with Crippen LogP contribution in [-0.4, -0.2) is 16.3 Å². The Labute approximate surface area is 110 Å². The minimum absolute atomic E-state index is 0.218. The Kier molecular flexibility index (Phi) is 4.29. The molecule has 17 heavy (non-hydrogen) atoms.